The zero-order valence-electron chi connectivity index (χ0n) is 7.71. The summed E-state index contributed by atoms with van der Waals surface area (Å²) in [5.74, 6) is 2.14. The fourth-order valence-electron chi connectivity index (χ4n) is 1.13. The first kappa shape index (κ1) is 10.2. The van der Waals surface area contributed by atoms with Gasteiger partial charge in [0.1, 0.15) is 0 Å². The minimum Gasteiger partial charge on any atom is -0.381 e. The van der Waals surface area contributed by atoms with E-state index in [1.807, 2.05) is 6.92 Å². The van der Waals surface area contributed by atoms with Crippen molar-refractivity contribution in [2.45, 2.75) is 13.0 Å². The molecule has 0 aromatic carbocycles. The van der Waals surface area contributed by atoms with Gasteiger partial charge in [0.2, 0.25) is 0 Å². The molecule has 1 aliphatic rings. The van der Waals surface area contributed by atoms with E-state index in [1.165, 1.54) is 0 Å². The van der Waals surface area contributed by atoms with Crippen molar-refractivity contribution in [3.63, 3.8) is 0 Å². The van der Waals surface area contributed by atoms with Gasteiger partial charge in [-0.25, -0.2) is 0 Å². The van der Waals surface area contributed by atoms with Crippen LogP contribution in [-0.2, 0) is 15.5 Å². The van der Waals surface area contributed by atoms with Crippen LogP contribution >= 0.6 is 0 Å². The van der Waals surface area contributed by atoms with Gasteiger partial charge in [0.25, 0.3) is 0 Å². The quantitative estimate of drug-likeness (QED) is 0.664. The average Bonchev–Trinajstić information content (AvgIpc) is 1.97. The van der Waals surface area contributed by atoms with Gasteiger partial charge in [-0.1, -0.05) is 0 Å². The summed E-state index contributed by atoms with van der Waals surface area (Å²) in [6.45, 7) is 4.02. The molecular weight excluding hydrogens is 174 g/mol. The largest absolute Gasteiger partial charge is 0.381 e. The Kier molecular flexibility index (Phi) is 4.18. The lowest BCUT2D eigenvalue weighted by atomic mass is 10.1. The van der Waals surface area contributed by atoms with Gasteiger partial charge in [0.15, 0.2) is 0 Å². The molecule has 0 bridgehead atoms. The second kappa shape index (κ2) is 4.94. The lowest BCUT2D eigenvalue weighted by Gasteiger charge is -2.26. The topological polar surface area (TPSA) is 38.3 Å². The molecule has 72 valence electrons. The molecule has 2 atom stereocenters. The fraction of sp³-hybridized carbons (Fsp3) is 1.00. The van der Waals surface area contributed by atoms with Gasteiger partial charge >= 0.3 is 0 Å². The molecule has 0 aromatic rings. The molecule has 1 fully saturated rings. The van der Waals surface area contributed by atoms with E-state index in [1.54, 1.807) is 7.11 Å². The van der Waals surface area contributed by atoms with Crippen molar-refractivity contribution in [1.82, 2.24) is 5.32 Å². The van der Waals surface area contributed by atoms with Crippen molar-refractivity contribution in [2.75, 3.05) is 31.7 Å². The van der Waals surface area contributed by atoms with E-state index in [2.05, 4.69) is 5.32 Å². The predicted molar refractivity (Wildman–Crippen MR) is 50.7 cm³/mol. The molecule has 1 aliphatic heterocycles. The highest BCUT2D eigenvalue weighted by Crippen LogP contribution is 2.06. The van der Waals surface area contributed by atoms with E-state index in [9.17, 15) is 4.21 Å². The number of hydrogen-bond donors (Lipinski definition) is 1. The molecule has 0 aromatic heterocycles. The van der Waals surface area contributed by atoms with Crippen LogP contribution in [0.4, 0.5) is 0 Å². The third-order valence-corrected chi connectivity index (χ3v) is 3.79. The fourth-order valence-corrected chi connectivity index (χ4v) is 2.68. The third-order valence-electron chi connectivity index (χ3n) is 2.11. The zero-order chi connectivity index (χ0) is 8.97. The first-order valence-electron chi connectivity index (χ1n) is 4.31. The van der Waals surface area contributed by atoms with Crippen LogP contribution in [0.2, 0.25) is 0 Å². The summed E-state index contributed by atoms with van der Waals surface area (Å²) in [7, 11) is 0.966. The number of rotatable bonds is 5. The summed E-state index contributed by atoms with van der Waals surface area (Å²) < 4.78 is 16.5. The molecular formula is C8H17NO2S. The van der Waals surface area contributed by atoms with Crippen LogP contribution in [0.5, 0.6) is 0 Å². The summed E-state index contributed by atoms with van der Waals surface area (Å²) in [5, 5.41) is 3.17. The van der Waals surface area contributed by atoms with Crippen LogP contribution in [0.3, 0.4) is 0 Å². The Morgan fingerprint density at radius 2 is 2.33 bits per heavy atom. The molecule has 0 amide bonds. The summed E-state index contributed by atoms with van der Waals surface area (Å²) in [6.07, 6.45) is 0.124. The Labute approximate surface area is 76.3 Å². The second-order valence-electron chi connectivity index (χ2n) is 3.34. The van der Waals surface area contributed by atoms with E-state index in [0.29, 0.717) is 11.7 Å². The summed E-state index contributed by atoms with van der Waals surface area (Å²) >= 11 is 0. The lowest BCUT2D eigenvalue weighted by molar-refractivity contribution is 0.137. The van der Waals surface area contributed by atoms with Gasteiger partial charge < -0.3 is 10.1 Å². The molecule has 4 heteroatoms. The SMILES string of the molecule is COC(C)CS(=O)CC1CNC1. The van der Waals surface area contributed by atoms with Crippen LogP contribution in [0, 0.1) is 5.92 Å². The minimum absolute atomic E-state index is 0.124. The van der Waals surface area contributed by atoms with Crippen LogP contribution < -0.4 is 5.32 Å². The smallest absolute Gasteiger partial charge is 0.0658 e. The zero-order valence-corrected chi connectivity index (χ0v) is 8.52. The Balaban J connectivity index is 2.10. The number of nitrogens with one attached hydrogen (secondary N) is 1. The van der Waals surface area contributed by atoms with E-state index < -0.39 is 10.8 Å². The highest BCUT2D eigenvalue weighted by Gasteiger charge is 2.20. The van der Waals surface area contributed by atoms with Gasteiger partial charge in [0.05, 0.1) is 6.10 Å². The normalized spacial score (nSPS) is 23.2. The molecule has 1 heterocycles. The van der Waals surface area contributed by atoms with Crippen molar-refractivity contribution in [3.8, 4) is 0 Å². The van der Waals surface area contributed by atoms with Crippen molar-refractivity contribution in [2.24, 2.45) is 5.92 Å². The predicted octanol–water partition coefficient (Wildman–Crippen LogP) is -0.0106. The monoisotopic (exact) mass is 191 g/mol. The van der Waals surface area contributed by atoms with Crippen LogP contribution in [0.15, 0.2) is 0 Å². The average molecular weight is 191 g/mol. The minimum atomic E-state index is -0.694. The molecule has 1 N–H and O–H groups in total. The molecule has 12 heavy (non-hydrogen) atoms. The van der Waals surface area contributed by atoms with Gasteiger partial charge in [-0.2, -0.15) is 0 Å². The van der Waals surface area contributed by atoms with Gasteiger partial charge in [-0.3, -0.25) is 4.21 Å². The number of methoxy groups -OCH3 is 1. The summed E-state index contributed by atoms with van der Waals surface area (Å²) in [6, 6.07) is 0. The van der Waals surface area contributed by atoms with Gasteiger partial charge in [-0.05, 0) is 12.8 Å². The molecule has 0 saturated carbocycles. The first-order valence-corrected chi connectivity index (χ1v) is 5.79. The van der Waals surface area contributed by atoms with Crippen LogP contribution in [0.25, 0.3) is 0 Å². The maximum Gasteiger partial charge on any atom is 0.0658 e. The summed E-state index contributed by atoms with van der Waals surface area (Å²) in [4.78, 5) is 0. The van der Waals surface area contributed by atoms with Crippen molar-refractivity contribution >= 4 is 10.8 Å². The lowest BCUT2D eigenvalue weighted by Crippen LogP contribution is -2.45. The van der Waals surface area contributed by atoms with Crippen LogP contribution in [0.1, 0.15) is 6.92 Å². The molecule has 2 unspecified atom stereocenters. The van der Waals surface area contributed by atoms with Crippen molar-refractivity contribution in [1.29, 1.82) is 0 Å². The van der Waals surface area contributed by atoms with E-state index in [4.69, 9.17) is 4.74 Å². The molecule has 1 rings (SSSR count). The Hall–Kier alpha value is 0.0700. The van der Waals surface area contributed by atoms with Gasteiger partial charge in [0, 0.05) is 42.5 Å². The molecule has 3 nitrogen and oxygen atoms in total. The Bertz CT molecular complexity index is 150. The van der Waals surface area contributed by atoms with E-state index >= 15 is 0 Å². The van der Waals surface area contributed by atoms with E-state index in [0.717, 1.165) is 18.8 Å². The highest BCUT2D eigenvalue weighted by molar-refractivity contribution is 7.85. The maximum absolute atomic E-state index is 11.4. The molecule has 0 spiro atoms. The van der Waals surface area contributed by atoms with E-state index in [-0.39, 0.29) is 6.10 Å². The Morgan fingerprint density at radius 3 is 2.75 bits per heavy atom. The van der Waals surface area contributed by atoms with Crippen LogP contribution in [-0.4, -0.2) is 42.0 Å². The number of hydrogen-bond acceptors (Lipinski definition) is 3. The van der Waals surface area contributed by atoms with Gasteiger partial charge in [-0.15, -0.1) is 0 Å². The first-order chi connectivity index (χ1) is 5.72. The third kappa shape index (κ3) is 3.21. The molecule has 1 saturated heterocycles. The molecule has 0 aliphatic carbocycles. The van der Waals surface area contributed by atoms with Crippen molar-refractivity contribution < 1.29 is 8.95 Å². The van der Waals surface area contributed by atoms with Crippen molar-refractivity contribution in [3.05, 3.63) is 0 Å². The Morgan fingerprint density at radius 1 is 1.67 bits per heavy atom. The number of ether oxygens (including phenoxy) is 1. The standard InChI is InChI=1S/C8H17NO2S/c1-7(11-2)5-12(10)6-8-3-9-4-8/h7-9H,3-6H2,1-2H3. The second-order valence-corrected chi connectivity index (χ2v) is 4.89. The highest BCUT2D eigenvalue weighted by atomic mass is 32.2. The maximum atomic E-state index is 11.4. The molecule has 0 radical (unpaired) electrons. The summed E-state index contributed by atoms with van der Waals surface area (Å²) in [5.41, 5.74) is 0.